The molecule has 2 heteroatoms. The molecule has 1 aliphatic heterocycles. The van der Waals surface area contributed by atoms with Crippen molar-refractivity contribution in [1.82, 2.24) is 0 Å². The Hall–Kier alpha value is -0.0800. The summed E-state index contributed by atoms with van der Waals surface area (Å²) in [7, 11) is 0. The van der Waals surface area contributed by atoms with Crippen LogP contribution in [0.5, 0.6) is 0 Å². The highest BCUT2D eigenvalue weighted by Gasteiger charge is 2.18. The third-order valence-electron chi connectivity index (χ3n) is 1.05. The van der Waals surface area contributed by atoms with Gasteiger partial charge in [0.25, 0.3) is 0 Å². The second-order valence-corrected chi connectivity index (χ2v) is 2.05. The molecular formula is C5H10O2. The smallest absolute Gasteiger partial charge is 0.0927 e. The summed E-state index contributed by atoms with van der Waals surface area (Å²) in [4.78, 5) is 9.53. The predicted molar refractivity (Wildman–Crippen MR) is 25.7 cm³/mol. The van der Waals surface area contributed by atoms with E-state index in [9.17, 15) is 0 Å². The second-order valence-electron chi connectivity index (χ2n) is 2.05. The topological polar surface area (TPSA) is 18.5 Å². The summed E-state index contributed by atoms with van der Waals surface area (Å²) >= 11 is 0. The van der Waals surface area contributed by atoms with Crippen molar-refractivity contribution in [3.8, 4) is 0 Å². The van der Waals surface area contributed by atoms with Gasteiger partial charge in [-0.1, -0.05) is 0 Å². The quantitative estimate of drug-likeness (QED) is 0.426. The normalized spacial score (nSPS) is 42.0. The van der Waals surface area contributed by atoms with Crippen LogP contribution in [0.2, 0.25) is 0 Å². The van der Waals surface area contributed by atoms with Gasteiger partial charge in [0.15, 0.2) is 0 Å². The van der Waals surface area contributed by atoms with Gasteiger partial charge in [0.05, 0.1) is 12.2 Å². The van der Waals surface area contributed by atoms with E-state index in [-0.39, 0.29) is 0 Å². The minimum atomic E-state index is 0.301. The molecule has 1 aliphatic rings. The van der Waals surface area contributed by atoms with Crippen LogP contribution in [0.25, 0.3) is 0 Å². The van der Waals surface area contributed by atoms with Crippen LogP contribution in [0.3, 0.4) is 0 Å². The van der Waals surface area contributed by atoms with E-state index in [2.05, 4.69) is 0 Å². The zero-order valence-corrected chi connectivity index (χ0v) is 4.68. The molecule has 0 bridgehead atoms. The molecule has 0 amide bonds. The van der Waals surface area contributed by atoms with Gasteiger partial charge in [-0.15, -0.1) is 0 Å². The van der Waals surface area contributed by atoms with Crippen molar-refractivity contribution in [2.45, 2.75) is 32.5 Å². The zero-order chi connectivity index (χ0) is 5.28. The molecule has 0 saturated carbocycles. The van der Waals surface area contributed by atoms with Crippen LogP contribution in [0.1, 0.15) is 20.3 Å². The highest BCUT2D eigenvalue weighted by molar-refractivity contribution is 4.58. The maximum atomic E-state index is 4.77. The standard InChI is InChI=1S/C5H10O2/c1-4-3-5(2)7-6-4/h4-5H,3H2,1-2H3. The molecular weight excluding hydrogens is 92.1 g/mol. The van der Waals surface area contributed by atoms with Crippen LogP contribution in [0.15, 0.2) is 0 Å². The fraction of sp³-hybridized carbons (Fsp3) is 1.00. The van der Waals surface area contributed by atoms with Crippen LogP contribution < -0.4 is 0 Å². The number of rotatable bonds is 0. The summed E-state index contributed by atoms with van der Waals surface area (Å²) in [6.45, 7) is 4.01. The first-order valence-electron chi connectivity index (χ1n) is 2.61. The summed E-state index contributed by atoms with van der Waals surface area (Å²) in [5.74, 6) is 0. The minimum absolute atomic E-state index is 0.301. The van der Waals surface area contributed by atoms with Gasteiger partial charge in [-0.05, 0) is 13.8 Å². The lowest BCUT2D eigenvalue weighted by Crippen LogP contribution is -1.97. The van der Waals surface area contributed by atoms with Gasteiger partial charge < -0.3 is 0 Å². The van der Waals surface area contributed by atoms with Crippen LogP contribution in [-0.4, -0.2) is 12.2 Å². The highest BCUT2D eigenvalue weighted by Crippen LogP contribution is 2.14. The monoisotopic (exact) mass is 102 g/mol. The maximum Gasteiger partial charge on any atom is 0.0927 e. The summed E-state index contributed by atoms with van der Waals surface area (Å²) in [5, 5.41) is 0. The van der Waals surface area contributed by atoms with Gasteiger partial charge in [0, 0.05) is 6.42 Å². The van der Waals surface area contributed by atoms with Crippen molar-refractivity contribution < 1.29 is 9.78 Å². The molecule has 0 aromatic rings. The molecule has 2 unspecified atom stereocenters. The van der Waals surface area contributed by atoms with Gasteiger partial charge >= 0.3 is 0 Å². The molecule has 42 valence electrons. The Morgan fingerprint density at radius 1 is 1.14 bits per heavy atom. The Labute approximate surface area is 43.3 Å². The molecule has 0 spiro atoms. The van der Waals surface area contributed by atoms with E-state index >= 15 is 0 Å². The van der Waals surface area contributed by atoms with Gasteiger partial charge in [0.2, 0.25) is 0 Å². The average Bonchev–Trinajstić information content (AvgIpc) is 1.87. The summed E-state index contributed by atoms with van der Waals surface area (Å²) in [6.07, 6.45) is 1.63. The van der Waals surface area contributed by atoms with Gasteiger partial charge in [-0.2, -0.15) is 0 Å². The van der Waals surface area contributed by atoms with Crippen LogP contribution >= 0.6 is 0 Å². The van der Waals surface area contributed by atoms with E-state index in [1.165, 1.54) is 0 Å². The van der Waals surface area contributed by atoms with Gasteiger partial charge in [-0.3, -0.25) is 0 Å². The zero-order valence-electron chi connectivity index (χ0n) is 4.68. The Kier molecular flexibility index (Phi) is 1.30. The predicted octanol–water partition coefficient (Wildman–Crippen LogP) is 1.12. The second kappa shape index (κ2) is 1.80. The molecule has 0 aromatic heterocycles. The van der Waals surface area contributed by atoms with Crippen molar-refractivity contribution >= 4 is 0 Å². The molecule has 2 nitrogen and oxygen atoms in total. The summed E-state index contributed by atoms with van der Waals surface area (Å²) in [5.41, 5.74) is 0. The Morgan fingerprint density at radius 3 is 1.71 bits per heavy atom. The van der Waals surface area contributed by atoms with Crippen LogP contribution in [0.4, 0.5) is 0 Å². The van der Waals surface area contributed by atoms with Crippen molar-refractivity contribution in [3.63, 3.8) is 0 Å². The molecule has 0 aliphatic carbocycles. The molecule has 1 saturated heterocycles. The molecule has 7 heavy (non-hydrogen) atoms. The van der Waals surface area contributed by atoms with E-state index < -0.39 is 0 Å². The van der Waals surface area contributed by atoms with Crippen LogP contribution in [-0.2, 0) is 9.78 Å². The van der Waals surface area contributed by atoms with Crippen molar-refractivity contribution in [2.75, 3.05) is 0 Å². The van der Waals surface area contributed by atoms with E-state index in [4.69, 9.17) is 9.78 Å². The van der Waals surface area contributed by atoms with Gasteiger partial charge in [0.1, 0.15) is 0 Å². The fourth-order valence-corrected chi connectivity index (χ4v) is 0.736. The Balaban J connectivity index is 2.26. The molecule has 0 aromatic carbocycles. The lowest BCUT2D eigenvalue weighted by molar-refractivity contribution is -0.290. The summed E-state index contributed by atoms with van der Waals surface area (Å²) in [6, 6.07) is 0. The molecule has 1 heterocycles. The highest BCUT2D eigenvalue weighted by atomic mass is 17.2. The number of hydrogen-bond donors (Lipinski definition) is 0. The van der Waals surface area contributed by atoms with E-state index in [0.717, 1.165) is 6.42 Å². The molecule has 2 atom stereocenters. The maximum absolute atomic E-state index is 4.77. The minimum Gasteiger partial charge on any atom is -0.233 e. The first-order valence-corrected chi connectivity index (χ1v) is 2.61. The first kappa shape index (κ1) is 5.06. The number of hydrogen-bond acceptors (Lipinski definition) is 2. The first-order chi connectivity index (χ1) is 3.29. The Bertz CT molecular complexity index is 55.1. The molecule has 0 N–H and O–H groups in total. The Morgan fingerprint density at radius 2 is 1.57 bits per heavy atom. The van der Waals surface area contributed by atoms with E-state index in [1.807, 2.05) is 13.8 Å². The van der Waals surface area contributed by atoms with Crippen LogP contribution in [0, 0.1) is 0 Å². The molecule has 1 fully saturated rings. The lowest BCUT2D eigenvalue weighted by atomic mass is 10.2. The van der Waals surface area contributed by atoms with E-state index in [1.54, 1.807) is 0 Å². The van der Waals surface area contributed by atoms with Crippen molar-refractivity contribution in [3.05, 3.63) is 0 Å². The van der Waals surface area contributed by atoms with E-state index in [0.29, 0.717) is 12.2 Å². The fourth-order valence-electron chi connectivity index (χ4n) is 0.736. The molecule has 1 rings (SSSR count). The summed E-state index contributed by atoms with van der Waals surface area (Å²) < 4.78 is 0. The third-order valence-corrected chi connectivity index (χ3v) is 1.05. The van der Waals surface area contributed by atoms with Crippen molar-refractivity contribution in [1.29, 1.82) is 0 Å². The van der Waals surface area contributed by atoms with Crippen molar-refractivity contribution in [2.24, 2.45) is 0 Å². The lowest BCUT2D eigenvalue weighted by Gasteiger charge is -1.91. The SMILES string of the molecule is CC1CC(C)OO1. The third kappa shape index (κ3) is 1.14. The van der Waals surface area contributed by atoms with Gasteiger partial charge in [-0.25, -0.2) is 9.78 Å². The molecule has 0 radical (unpaired) electrons. The largest absolute Gasteiger partial charge is 0.233 e. The average molecular weight is 102 g/mol.